The summed E-state index contributed by atoms with van der Waals surface area (Å²) in [6, 6.07) is 6.94. The average molecular weight is 204 g/mol. The number of phenols is 1. The lowest BCUT2D eigenvalue weighted by atomic mass is 10.1. The average Bonchev–Trinajstić information content (AvgIpc) is 2.49. The summed E-state index contributed by atoms with van der Waals surface area (Å²) in [4.78, 5) is 16.4. The van der Waals surface area contributed by atoms with E-state index in [0.29, 0.717) is 6.42 Å². The maximum atomic E-state index is 11.0. The van der Waals surface area contributed by atoms with E-state index in [-0.39, 0.29) is 11.4 Å². The van der Waals surface area contributed by atoms with Gasteiger partial charge in [0.1, 0.15) is 5.75 Å². The fourth-order valence-corrected chi connectivity index (χ4v) is 1.50. The molecule has 0 spiro atoms. The van der Waals surface area contributed by atoms with E-state index in [1.165, 1.54) is 0 Å². The number of imidazole rings is 1. The topological polar surface area (TPSA) is 68.9 Å². The Balaban J connectivity index is 2.25. The van der Waals surface area contributed by atoms with Gasteiger partial charge in [-0.15, -0.1) is 0 Å². The van der Waals surface area contributed by atoms with Crippen LogP contribution in [0.15, 0.2) is 29.1 Å². The molecule has 0 amide bonds. The quantitative estimate of drug-likeness (QED) is 0.690. The van der Waals surface area contributed by atoms with Crippen LogP contribution in [0.4, 0.5) is 0 Å². The van der Waals surface area contributed by atoms with Gasteiger partial charge in [0.2, 0.25) is 0 Å². The predicted octanol–water partition coefficient (Wildman–Crippen LogP) is 1.31. The van der Waals surface area contributed by atoms with Crippen LogP contribution >= 0.6 is 0 Å². The molecule has 0 aliphatic rings. The summed E-state index contributed by atoms with van der Waals surface area (Å²) < 4.78 is 0. The number of aromatic hydroxyl groups is 1. The molecule has 1 heterocycles. The SMILES string of the molecule is Cc1[nH]c(=O)[nH]c1Cc1ccc(O)cc1. The minimum absolute atomic E-state index is 0.179. The van der Waals surface area contributed by atoms with Crippen molar-refractivity contribution in [2.24, 2.45) is 0 Å². The van der Waals surface area contributed by atoms with Gasteiger partial charge in [-0.1, -0.05) is 12.1 Å². The van der Waals surface area contributed by atoms with Crippen LogP contribution in [0.3, 0.4) is 0 Å². The van der Waals surface area contributed by atoms with Gasteiger partial charge >= 0.3 is 5.69 Å². The van der Waals surface area contributed by atoms with Crippen molar-refractivity contribution in [1.29, 1.82) is 0 Å². The van der Waals surface area contributed by atoms with E-state index in [9.17, 15) is 4.79 Å². The summed E-state index contributed by atoms with van der Waals surface area (Å²) in [6.07, 6.45) is 0.658. The second-order valence-electron chi connectivity index (χ2n) is 3.53. The highest BCUT2D eigenvalue weighted by molar-refractivity contribution is 5.29. The second kappa shape index (κ2) is 3.65. The molecule has 2 rings (SSSR count). The third-order valence-electron chi connectivity index (χ3n) is 2.34. The lowest BCUT2D eigenvalue weighted by molar-refractivity contribution is 0.475. The van der Waals surface area contributed by atoms with Crippen molar-refractivity contribution in [2.75, 3.05) is 0 Å². The van der Waals surface area contributed by atoms with Gasteiger partial charge in [-0.3, -0.25) is 0 Å². The first-order chi connectivity index (χ1) is 7.15. The first kappa shape index (κ1) is 9.58. The van der Waals surface area contributed by atoms with E-state index in [1.807, 2.05) is 19.1 Å². The first-order valence-electron chi connectivity index (χ1n) is 4.71. The van der Waals surface area contributed by atoms with Crippen LogP contribution in [0.25, 0.3) is 0 Å². The van der Waals surface area contributed by atoms with Gasteiger partial charge in [0.25, 0.3) is 0 Å². The molecule has 1 aromatic carbocycles. The predicted molar refractivity (Wildman–Crippen MR) is 57.1 cm³/mol. The lowest BCUT2D eigenvalue weighted by Gasteiger charge is -2.00. The first-order valence-corrected chi connectivity index (χ1v) is 4.71. The number of benzene rings is 1. The van der Waals surface area contributed by atoms with Gasteiger partial charge < -0.3 is 15.1 Å². The summed E-state index contributed by atoms with van der Waals surface area (Å²) in [5, 5.41) is 9.12. The molecule has 0 aliphatic carbocycles. The van der Waals surface area contributed by atoms with Gasteiger partial charge in [-0.05, 0) is 24.6 Å². The summed E-state index contributed by atoms with van der Waals surface area (Å²) in [7, 11) is 0. The highest BCUT2D eigenvalue weighted by Gasteiger charge is 2.03. The van der Waals surface area contributed by atoms with Crippen LogP contribution in [0.2, 0.25) is 0 Å². The number of H-pyrrole nitrogens is 2. The minimum atomic E-state index is -0.179. The number of nitrogens with one attached hydrogen (secondary N) is 2. The van der Waals surface area contributed by atoms with Crippen LogP contribution in [-0.2, 0) is 6.42 Å². The monoisotopic (exact) mass is 204 g/mol. The molecule has 0 unspecified atom stereocenters. The third-order valence-corrected chi connectivity index (χ3v) is 2.34. The zero-order valence-corrected chi connectivity index (χ0v) is 8.37. The Kier molecular flexibility index (Phi) is 2.33. The molecule has 2 aromatic rings. The van der Waals surface area contributed by atoms with Crippen LogP contribution < -0.4 is 5.69 Å². The Morgan fingerprint density at radius 1 is 1.20 bits per heavy atom. The summed E-state index contributed by atoms with van der Waals surface area (Å²) >= 11 is 0. The molecule has 0 bridgehead atoms. The van der Waals surface area contributed by atoms with Gasteiger partial charge in [0, 0.05) is 17.8 Å². The fourth-order valence-electron chi connectivity index (χ4n) is 1.50. The van der Waals surface area contributed by atoms with Crippen molar-refractivity contribution >= 4 is 0 Å². The normalized spacial score (nSPS) is 10.5. The lowest BCUT2D eigenvalue weighted by Crippen LogP contribution is -2.01. The fraction of sp³-hybridized carbons (Fsp3) is 0.182. The highest BCUT2D eigenvalue weighted by atomic mass is 16.3. The number of phenolic OH excluding ortho intramolecular Hbond substituents is 1. The minimum Gasteiger partial charge on any atom is -0.508 e. The molecule has 0 aliphatic heterocycles. The number of aromatic amines is 2. The largest absolute Gasteiger partial charge is 0.508 e. The molecule has 4 nitrogen and oxygen atoms in total. The van der Waals surface area contributed by atoms with Crippen molar-refractivity contribution in [3.05, 3.63) is 51.7 Å². The standard InChI is InChI=1S/C11H12N2O2/c1-7-10(13-11(15)12-7)6-8-2-4-9(14)5-3-8/h2-5,14H,6H2,1H3,(H2,12,13,15). The number of hydrogen-bond donors (Lipinski definition) is 3. The summed E-state index contributed by atoms with van der Waals surface area (Å²) in [6.45, 7) is 1.85. The van der Waals surface area contributed by atoms with Crippen molar-refractivity contribution in [3.63, 3.8) is 0 Å². The van der Waals surface area contributed by atoms with Crippen LogP contribution in [0.5, 0.6) is 5.75 Å². The van der Waals surface area contributed by atoms with Crippen molar-refractivity contribution in [2.45, 2.75) is 13.3 Å². The Bertz CT molecular complexity index is 508. The van der Waals surface area contributed by atoms with Crippen LogP contribution in [0, 0.1) is 6.92 Å². The molecule has 1 aromatic heterocycles. The Morgan fingerprint density at radius 2 is 1.87 bits per heavy atom. The molecule has 0 fully saturated rings. The van der Waals surface area contributed by atoms with E-state index >= 15 is 0 Å². The molecule has 0 atom stereocenters. The van der Waals surface area contributed by atoms with Crippen molar-refractivity contribution in [3.8, 4) is 5.75 Å². The maximum Gasteiger partial charge on any atom is 0.323 e. The zero-order valence-electron chi connectivity index (χ0n) is 8.37. The molecule has 0 saturated carbocycles. The number of rotatable bonds is 2. The smallest absolute Gasteiger partial charge is 0.323 e. The van der Waals surface area contributed by atoms with Gasteiger partial charge in [-0.2, -0.15) is 0 Å². The third kappa shape index (κ3) is 2.10. The van der Waals surface area contributed by atoms with E-state index in [0.717, 1.165) is 17.0 Å². The van der Waals surface area contributed by atoms with E-state index in [4.69, 9.17) is 5.11 Å². The number of hydrogen-bond acceptors (Lipinski definition) is 2. The van der Waals surface area contributed by atoms with Crippen molar-refractivity contribution in [1.82, 2.24) is 9.97 Å². The van der Waals surface area contributed by atoms with E-state index in [2.05, 4.69) is 9.97 Å². The van der Waals surface area contributed by atoms with E-state index < -0.39 is 0 Å². The molecular formula is C11H12N2O2. The summed E-state index contributed by atoms with van der Waals surface area (Å²) in [5.74, 6) is 0.248. The Hall–Kier alpha value is -1.97. The van der Waals surface area contributed by atoms with Crippen LogP contribution in [0.1, 0.15) is 17.0 Å². The molecule has 78 valence electrons. The molecular weight excluding hydrogens is 192 g/mol. The van der Waals surface area contributed by atoms with Gasteiger partial charge in [-0.25, -0.2) is 4.79 Å². The maximum absolute atomic E-state index is 11.0. The molecule has 0 radical (unpaired) electrons. The van der Waals surface area contributed by atoms with E-state index in [1.54, 1.807) is 12.1 Å². The van der Waals surface area contributed by atoms with Gasteiger partial charge in [0.05, 0.1) is 0 Å². The molecule has 4 heteroatoms. The number of aryl methyl sites for hydroxylation is 1. The number of aromatic nitrogens is 2. The highest BCUT2D eigenvalue weighted by Crippen LogP contribution is 2.13. The Morgan fingerprint density at radius 3 is 2.40 bits per heavy atom. The molecule has 15 heavy (non-hydrogen) atoms. The van der Waals surface area contributed by atoms with Gasteiger partial charge in [0.15, 0.2) is 0 Å². The molecule has 0 saturated heterocycles. The van der Waals surface area contributed by atoms with Crippen molar-refractivity contribution < 1.29 is 5.11 Å². The Labute approximate surface area is 86.6 Å². The second-order valence-corrected chi connectivity index (χ2v) is 3.53. The zero-order chi connectivity index (χ0) is 10.8. The van der Waals surface area contributed by atoms with Crippen LogP contribution in [-0.4, -0.2) is 15.1 Å². The molecule has 3 N–H and O–H groups in total. The summed E-state index contributed by atoms with van der Waals surface area (Å²) in [5.41, 5.74) is 2.60.